The van der Waals surface area contributed by atoms with E-state index in [1.165, 1.54) is 17.7 Å². The molecule has 0 aliphatic heterocycles. The lowest BCUT2D eigenvalue weighted by Crippen LogP contribution is -2.37. The number of H-pyrrole nitrogens is 1. The number of fused-ring (bicyclic) bond motifs is 1. The van der Waals surface area contributed by atoms with Gasteiger partial charge in [-0.3, -0.25) is 9.89 Å². The summed E-state index contributed by atoms with van der Waals surface area (Å²) in [6, 6.07) is 17.6. The molecule has 1 aliphatic carbocycles. The fourth-order valence-corrected chi connectivity index (χ4v) is 9.27. The molecule has 3 N–H and O–H groups in total. The van der Waals surface area contributed by atoms with Crippen LogP contribution in [0.25, 0.3) is 21.9 Å². The molecule has 0 radical (unpaired) electrons. The van der Waals surface area contributed by atoms with E-state index in [2.05, 4.69) is 43.0 Å². The number of aromatic amines is 1. The third kappa shape index (κ3) is 9.60. The van der Waals surface area contributed by atoms with Crippen molar-refractivity contribution < 1.29 is 33.7 Å². The number of carboxylic acids is 1. The van der Waals surface area contributed by atoms with Crippen molar-refractivity contribution in [2.75, 3.05) is 12.4 Å². The highest BCUT2D eigenvalue weighted by molar-refractivity contribution is 7.99. The second-order valence-electron chi connectivity index (χ2n) is 15.8. The Balaban J connectivity index is 1.39. The lowest BCUT2D eigenvalue weighted by atomic mass is 9.75. The smallest absolute Gasteiger partial charge is 0.336 e. The minimum absolute atomic E-state index is 0.00597. The third-order valence-electron chi connectivity index (χ3n) is 11.0. The molecule has 2 aromatic heterocycles. The number of unbranched alkanes of at least 4 members (excludes halogenated alkanes) is 3. The molecule has 1 aliphatic rings. The molecule has 3 aromatic carbocycles. The van der Waals surface area contributed by atoms with E-state index in [0.717, 1.165) is 61.4 Å². The van der Waals surface area contributed by atoms with E-state index in [0.29, 0.717) is 45.8 Å². The number of anilines is 1. The first kappa shape index (κ1) is 42.9. The van der Waals surface area contributed by atoms with Crippen LogP contribution in [0.5, 0.6) is 11.5 Å². The van der Waals surface area contributed by atoms with Gasteiger partial charge >= 0.3 is 11.9 Å². The first-order valence-corrected chi connectivity index (χ1v) is 21.1. The summed E-state index contributed by atoms with van der Waals surface area (Å²) in [5.74, 6) is 0.0137. The number of rotatable bonds is 16. The van der Waals surface area contributed by atoms with Gasteiger partial charge in [0.15, 0.2) is 17.6 Å². The molecule has 310 valence electrons. The quantitative estimate of drug-likeness (QED) is 0.0502. The monoisotopic (exact) mass is 819 g/mol. The van der Waals surface area contributed by atoms with E-state index in [9.17, 15) is 19.5 Å². The lowest BCUT2D eigenvalue weighted by molar-refractivity contribution is -0.123. The van der Waals surface area contributed by atoms with E-state index >= 15 is 0 Å². The summed E-state index contributed by atoms with van der Waals surface area (Å²) in [4.78, 5) is 49.6. The lowest BCUT2D eigenvalue weighted by Gasteiger charge is -2.37. The van der Waals surface area contributed by atoms with E-state index < -0.39 is 18.0 Å². The number of nitrogens with one attached hydrogen (secondary N) is 2. The number of nitrogens with zero attached hydrogens (tertiary/aromatic N) is 3. The second kappa shape index (κ2) is 18.9. The molecule has 13 heteroatoms. The SMILES string of the molecule is [C-]#[N+]c1c(C(=O)OC2C(C)CC(C)CC2C)c2nc(-c3ccc(OC)c(NC(=O)C(CCCCCC)Oc4ccc(C)cc4C)c3)[nH]n2c1Sc1ccccc1C(=O)O. The second-order valence-corrected chi connectivity index (χ2v) is 16.8. The summed E-state index contributed by atoms with van der Waals surface area (Å²) in [7, 11) is 1.52. The Labute approximate surface area is 349 Å². The fourth-order valence-electron chi connectivity index (χ4n) is 8.18. The molecule has 59 heavy (non-hydrogen) atoms. The number of methoxy groups -OCH3 is 1. The predicted molar refractivity (Wildman–Crippen MR) is 229 cm³/mol. The van der Waals surface area contributed by atoms with Crippen LogP contribution in [0.3, 0.4) is 0 Å². The zero-order chi connectivity index (χ0) is 42.4. The molecule has 1 fully saturated rings. The number of aromatic carboxylic acids is 1. The molecule has 5 aromatic rings. The molecule has 0 bridgehead atoms. The minimum Gasteiger partial charge on any atom is -0.495 e. The van der Waals surface area contributed by atoms with Gasteiger partial charge in [-0.05, 0) is 99.2 Å². The summed E-state index contributed by atoms with van der Waals surface area (Å²) < 4.78 is 19.8. The highest BCUT2D eigenvalue weighted by Crippen LogP contribution is 2.44. The number of carboxylic acid groups (broad SMARTS) is 1. The number of ether oxygens (including phenoxy) is 3. The molecule has 12 nitrogen and oxygen atoms in total. The van der Waals surface area contributed by atoms with Crippen LogP contribution in [0, 0.1) is 38.2 Å². The van der Waals surface area contributed by atoms with Gasteiger partial charge in [-0.15, -0.1) is 0 Å². The normalized spacial score (nSPS) is 18.2. The molecule has 2 heterocycles. The van der Waals surface area contributed by atoms with Crippen LogP contribution in [0.4, 0.5) is 11.4 Å². The van der Waals surface area contributed by atoms with Crippen LogP contribution in [0.1, 0.15) is 104 Å². The number of carbonyl (C=O) groups is 3. The van der Waals surface area contributed by atoms with Crippen molar-refractivity contribution in [2.45, 2.75) is 109 Å². The summed E-state index contributed by atoms with van der Waals surface area (Å²) in [5, 5.41) is 16.6. The van der Waals surface area contributed by atoms with Crippen molar-refractivity contribution in [2.24, 2.45) is 17.8 Å². The van der Waals surface area contributed by atoms with Crippen molar-refractivity contribution in [3.8, 4) is 22.9 Å². The Hall–Kier alpha value is -5.74. The van der Waals surface area contributed by atoms with Crippen LogP contribution in [-0.4, -0.2) is 56.9 Å². The van der Waals surface area contributed by atoms with E-state index in [-0.39, 0.29) is 51.3 Å². The number of benzene rings is 3. The van der Waals surface area contributed by atoms with E-state index in [1.807, 2.05) is 32.0 Å². The summed E-state index contributed by atoms with van der Waals surface area (Å²) in [6.07, 6.45) is 5.16. The fraction of sp³-hybridized carbons (Fsp3) is 0.413. The van der Waals surface area contributed by atoms with Gasteiger partial charge < -0.3 is 24.6 Å². The van der Waals surface area contributed by atoms with Gasteiger partial charge in [0.1, 0.15) is 28.2 Å². The van der Waals surface area contributed by atoms with Crippen molar-refractivity contribution in [3.05, 3.63) is 94.3 Å². The zero-order valence-electron chi connectivity index (χ0n) is 34.8. The average Bonchev–Trinajstić information content (AvgIpc) is 3.75. The van der Waals surface area contributed by atoms with Gasteiger partial charge in [0.05, 0.1) is 24.9 Å². The Kier molecular flexibility index (Phi) is 13.7. The molecule has 1 saturated carbocycles. The Morgan fingerprint density at radius 2 is 1.75 bits per heavy atom. The maximum absolute atomic E-state index is 14.3. The minimum atomic E-state index is -1.12. The number of esters is 1. The summed E-state index contributed by atoms with van der Waals surface area (Å²) in [5.41, 5.74) is 3.19. The summed E-state index contributed by atoms with van der Waals surface area (Å²) in [6.45, 7) is 20.7. The highest BCUT2D eigenvalue weighted by atomic mass is 32.2. The average molecular weight is 820 g/mol. The van der Waals surface area contributed by atoms with Gasteiger partial charge in [-0.2, -0.15) is 0 Å². The molecule has 3 unspecified atom stereocenters. The number of hydrogen-bond acceptors (Lipinski definition) is 8. The highest BCUT2D eigenvalue weighted by Gasteiger charge is 2.37. The number of hydrogen-bond donors (Lipinski definition) is 3. The van der Waals surface area contributed by atoms with E-state index in [1.54, 1.807) is 36.4 Å². The maximum atomic E-state index is 14.3. The van der Waals surface area contributed by atoms with Gasteiger partial charge in [0, 0.05) is 10.5 Å². The number of aryl methyl sites for hydroxylation is 2. The van der Waals surface area contributed by atoms with Crippen LogP contribution < -0.4 is 14.8 Å². The van der Waals surface area contributed by atoms with Crippen LogP contribution in [0.15, 0.2) is 70.6 Å². The largest absolute Gasteiger partial charge is 0.495 e. The molecule has 1 amide bonds. The van der Waals surface area contributed by atoms with Gasteiger partial charge in [0.25, 0.3) is 5.91 Å². The first-order chi connectivity index (χ1) is 28.3. The molecule has 0 spiro atoms. The summed E-state index contributed by atoms with van der Waals surface area (Å²) >= 11 is 1.05. The van der Waals surface area contributed by atoms with Crippen molar-refractivity contribution in [3.63, 3.8) is 0 Å². The van der Waals surface area contributed by atoms with Crippen LogP contribution >= 0.6 is 11.8 Å². The molecule has 3 atom stereocenters. The van der Waals surface area contributed by atoms with E-state index in [4.69, 9.17) is 25.8 Å². The predicted octanol–water partition coefficient (Wildman–Crippen LogP) is 10.9. The first-order valence-electron chi connectivity index (χ1n) is 20.3. The number of carbonyl (C=O) groups excluding carboxylic acids is 2. The Morgan fingerprint density at radius 3 is 2.42 bits per heavy atom. The van der Waals surface area contributed by atoms with Crippen molar-refractivity contribution >= 4 is 46.6 Å². The number of amides is 1. The molecular weight excluding hydrogens is 767 g/mol. The Morgan fingerprint density at radius 1 is 1.02 bits per heavy atom. The zero-order valence-corrected chi connectivity index (χ0v) is 35.6. The van der Waals surface area contributed by atoms with Gasteiger partial charge in [0.2, 0.25) is 5.69 Å². The maximum Gasteiger partial charge on any atom is 0.336 e. The topological polar surface area (TPSA) is 149 Å². The van der Waals surface area contributed by atoms with Crippen molar-refractivity contribution in [1.29, 1.82) is 0 Å². The molecule has 6 rings (SSSR count). The van der Waals surface area contributed by atoms with Crippen LogP contribution in [0.2, 0.25) is 0 Å². The molecule has 0 saturated heterocycles. The molecular formula is C46H53N5O7S. The third-order valence-corrected chi connectivity index (χ3v) is 12.2. The van der Waals surface area contributed by atoms with Gasteiger partial charge in [-0.1, -0.05) is 88.5 Å². The van der Waals surface area contributed by atoms with Gasteiger partial charge in [-0.25, -0.2) is 23.9 Å². The number of aromatic nitrogens is 3. The van der Waals surface area contributed by atoms with Crippen molar-refractivity contribution in [1.82, 2.24) is 14.6 Å². The van der Waals surface area contributed by atoms with Crippen LogP contribution in [-0.2, 0) is 9.53 Å². The standard InChI is InChI=1S/C46H53N5O7S/c1-9-10-11-12-16-36(57-34-20-18-26(2)22-28(34)4)43(52)48-33-25-31(19-21-35(33)56-8)41-49-42-38(46(55)58-40-29(5)23-27(3)24-30(40)6)39(47-7)44(51(42)50-41)59-37-17-14-13-15-32(37)45(53)54/h13-15,17-22,25,27,29-30,36,40H,9-12,16,23-24H2,1-6,8H3,(H,48,52)(H,49,50)(H,53,54). The Bertz CT molecular complexity index is 2370.